The van der Waals surface area contributed by atoms with E-state index in [1.54, 1.807) is 19.1 Å². The van der Waals surface area contributed by atoms with Crippen molar-refractivity contribution in [2.24, 2.45) is 0 Å². The fraction of sp³-hybridized carbons (Fsp3) is 0.278. The molecule has 1 aliphatic heterocycles. The Labute approximate surface area is 137 Å². The van der Waals surface area contributed by atoms with Crippen molar-refractivity contribution in [2.45, 2.75) is 32.2 Å². The van der Waals surface area contributed by atoms with E-state index in [1.807, 2.05) is 12.1 Å². The normalized spacial score (nSPS) is 15.0. The number of hydrogen-bond donors (Lipinski definition) is 2. The average molecular weight is 334 g/mol. The third-order valence-electron chi connectivity index (χ3n) is 4.16. The molecule has 1 atom stereocenters. The first-order valence-corrected chi connectivity index (χ1v) is 7.65. The Morgan fingerprint density at radius 1 is 1.12 bits per heavy atom. The van der Waals surface area contributed by atoms with E-state index in [1.165, 1.54) is 6.07 Å². The maximum atomic E-state index is 12.8. The summed E-state index contributed by atoms with van der Waals surface area (Å²) in [7, 11) is 0. The molecule has 0 spiro atoms. The summed E-state index contributed by atoms with van der Waals surface area (Å²) in [5.74, 6) is -0.297. The number of nitrogens with one attached hydrogen (secondary N) is 2. The molecule has 3 nitrogen and oxygen atoms in total. The van der Waals surface area contributed by atoms with Gasteiger partial charge in [-0.15, -0.1) is 0 Å². The van der Waals surface area contributed by atoms with Crippen LogP contribution in [0.25, 0.3) is 0 Å². The van der Waals surface area contributed by atoms with Gasteiger partial charge in [0.05, 0.1) is 11.6 Å². The Morgan fingerprint density at radius 3 is 2.62 bits per heavy atom. The zero-order valence-corrected chi connectivity index (χ0v) is 13.1. The number of carbonyl (C=O) groups excluding carboxylic acids is 1. The van der Waals surface area contributed by atoms with Crippen LogP contribution in [0, 0.1) is 0 Å². The lowest BCUT2D eigenvalue weighted by Crippen LogP contribution is -2.27. The quantitative estimate of drug-likeness (QED) is 0.896. The van der Waals surface area contributed by atoms with Crippen LogP contribution in [0.4, 0.5) is 13.2 Å². The molecule has 0 bridgehead atoms. The van der Waals surface area contributed by atoms with E-state index in [-0.39, 0.29) is 5.91 Å². The first-order valence-electron chi connectivity index (χ1n) is 7.65. The summed E-state index contributed by atoms with van der Waals surface area (Å²) >= 11 is 0. The summed E-state index contributed by atoms with van der Waals surface area (Å²) in [6.07, 6.45) is -4.40. The van der Waals surface area contributed by atoms with Crippen molar-refractivity contribution in [3.05, 3.63) is 70.3 Å². The summed E-state index contributed by atoms with van der Waals surface area (Å²) in [4.78, 5) is 12.4. The van der Waals surface area contributed by atoms with E-state index in [4.69, 9.17) is 0 Å². The van der Waals surface area contributed by atoms with Gasteiger partial charge >= 0.3 is 6.18 Å². The molecule has 6 heteroatoms. The number of alkyl halides is 3. The average Bonchev–Trinajstić information content (AvgIpc) is 3.01. The van der Waals surface area contributed by atoms with Gasteiger partial charge in [-0.2, -0.15) is 13.2 Å². The predicted molar refractivity (Wildman–Crippen MR) is 84.3 cm³/mol. The van der Waals surface area contributed by atoms with E-state index in [9.17, 15) is 18.0 Å². The molecule has 2 aromatic carbocycles. The van der Waals surface area contributed by atoms with Crippen LogP contribution in [0.1, 0.15) is 45.6 Å². The molecule has 1 aliphatic rings. The molecule has 0 saturated heterocycles. The standard InChI is InChI=1S/C18H17F3N2O/c1-11(12-3-2-4-16(8-12)18(19,20)21)23-17(24)13-5-6-14-9-22-10-15(14)7-13/h2-8,11,22H,9-10H2,1H3,(H,23,24). The summed E-state index contributed by atoms with van der Waals surface area (Å²) in [6, 6.07) is 9.95. The third-order valence-corrected chi connectivity index (χ3v) is 4.16. The molecule has 0 aromatic heterocycles. The zero-order chi connectivity index (χ0) is 17.3. The topological polar surface area (TPSA) is 41.1 Å². The maximum absolute atomic E-state index is 12.8. The molecular formula is C18H17F3N2O. The first kappa shape index (κ1) is 16.5. The van der Waals surface area contributed by atoms with Crippen LogP contribution in [0.5, 0.6) is 0 Å². The van der Waals surface area contributed by atoms with Gasteiger partial charge in [-0.3, -0.25) is 4.79 Å². The van der Waals surface area contributed by atoms with Crippen LogP contribution in [0.3, 0.4) is 0 Å². The minimum Gasteiger partial charge on any atom is -0.346 e. The van der Waals surface area contributed by atoms with Gasteiger partial charge in [0.1, 0.15) is 0 Å². The maximum Gasteiger partial charge on any atom is 0.416 e. The molecule has 1 unspecified atom stereocenters. The van der Waals surface area contributed by atoms with Gasteiger partial charge in [-0.25, -0.2) is 0 Å². The molecule has 1 amide bonds. The van der Waals surface area contributed by atoms with Crippen molar-refractivity contribution in [3.63, 3.8) is 0 Å². The number of fused-ring (bicyclic) bond motifs is 1. The van der Waals surface area contributed by atoms with Gasteiger partial charge in [0.25, 0.3) is 5.91 Å². The first-order chi connectivity index (χ1) is 11.3. The van der Waals surface area contributed by atoms with Crippen LogP contribution in [0.2, 0.25) is 0 Å². The molecular weight excluding hydrogens is 317 g/mol. The fourth-order valence-electron chi connectivity index (χ4n) is 2.78. The van der Waals surface area contributed by atoms with Crippen molar-refractivity contribution >= 4 is 5.91 Å². The lowest BCUT2D eigenvalue weighted by atomic mass is 10.0. The summed E-state index contributed by atoms with van der Waals surface area (Å²) < 4.78 is 38.4. The molecule has 0 saturated carbocycles. The highest BCUT2D eigenvalue weighted by atomic mass is 19.4. The van der Waals surface area contributed by atoms with E-state index in [2.05, 4.69) is 10.6 Å². The van der Waals surface area contributed by atoms with Crippen molar-refractivity contribution in [1.82, 2.24) is 10.6 Å². The Bertz CT molecular complexity index is 771. The SMILES string of the molecule is CC(NC(=O)c1ccc2c(c1)CNC2)c1cccc(C(F)(F)F)c1. The monoisotopic (exact) mass is 334 g/mol. The van der Waals surface area contributed by atoms with Crippen LogP contribution in [0.15, 0.2) is 42.5 Å². The Hall–Kier alpha value is -2.34. The van der Waals surface area contributed by atoms with Crippen molar-refractivity contribution in [3.8, 4) is 0 Å². The van der Waals surface area contributed by atoms with Gasteiger partial charge in [0.2, 0.25) is 0 Å². The predicted octanol–water partition coefficient (Wildman–Crippen LogP) is 3.80. The summed E-state index contributed by atoms with van der Waals surface area (Å²) in [5.41, 5.74) is 2.45. The Kier molecular flexibility index (Phi) is 4.32. The Balaban J connectivity index is 1.75. The van der Waals surface area contributed by atoms with Crippen molar-refractivity contribution in [2.75, 3.05) is 0 Å². The van der Waals surface area contributed by atoms with Crippen LogP contribution >= 0.6 is 0 Å². The van der Waals surface area contributed by atoms with Gasteiger partial charge in [0, 0.05) is 18.7 Å². The van der Waals surface area contributed by atoms with E-state index in [0.29, 0.717) is 11.1 Å². The van der Waals surface area contributed by atoms with Crippen LogP contribution < -0.4 is 10.6 Å². The highest BCUT2D eigenvalue weighted by molar-refractivity contribution is 5.94. The smallest absolute Gasteiger partial charge is 0.346 e. The molecule has 3 rings (SSSR count). The molecule has 2 N–H and O–H groups in total. The number of hydrogen-bond acceptors (Lipinski definition) is 2. The van der Waals surface area contributed by atoms with Gasteiger partial charge in [-0.1, -0.05) is 18.2 Å². The molecule has 126 valence electrons. The van der Waals surface area contributed by atoms with E-state index < -0.39 is 17.8 Å². The fourth-order valence-corrected chi connectivity index (χ4v) is 2.78. The number of benzene rings is 2. The molecule has 2 aromatic rings. The molecule has 0 fully saturated rings. The second-order valence-corrected chi connectivity index (χ2v) is 5.91. The van der Waals surface area contributed by atoms with Crippen LogP contribution in [-0.2, 0) is 19.3 Å². The minimum atomic E-state index is -4.40. The van der Waals surface area contributed by atoms with Gasteiger partial charge < -0.3 is 10.6 Å². The lowest BCUT2D eigenvalue weighted by molar-refractivity contribution is -0.137. The van der Waals surface area contributed by atoms with Gasteiger partial charge in [0.15, 0.2) is 0 Å². The summed E-state index contributed by atoms with van der Waals surface area (Å²) in [6.45, 7) is 3.18. The second-order valence-electron chi connectivity index (χ2n) is 5.91. The van der Waals surface area contributed by atoms with E-state index >= 15 is 0 Å². The van der Waals surface area contributed by atoms with Crippen LogP contribution in [-0.4, -0.2) is 5.91 Å². The largest absolute Gasteiger partial charge is 0.416 e. The van der Waals surface area contributed by atoms with E-state index in [0.717, 1.165) is 36.3 Å². The van der Waals surface area contributed by atoms with Gasteiger partial charge in [-0.05, 0) is 47.9 Å². The molecule has 24 heavy (non-hydrogen) atoms. The molecule has 0 radical (unpaired) electrons. The van der Waals surface area contributed by atoms with Crippen molar-refractivity contribution in [1.29, 1.82) is 0 Å². The highest BCUT2D eigenvalue weighted by Crippen LogP contribution is 2.30. The number of rotatable bonds is 3. The molecule has 0 aliphatic carbocycles. The number of carbonyl (C=O) groups is 1. The number of halogens is 3. The number of amides is 1. The third kappa shape index (κ3) is 3.43. The highest BCUT2D eigenvalue weighted by Gasteiger charge is 2.30. The lowest BCUT2D eigenvalue weighted by Gasteiger charge is -2.16. The van der Waals surface area contributed by atoms with Crippen molar-refractivity contribution < 1.29 is 18.0 Å². The molecule has 1 heterocycles. The Morgan fingerprint density at radius 2 is 1.88 bits per heavy atom. The zero-order valence-electron chi connectivity index (χ0n) is 13.1. The minimum absolute atomic E-state index is 0.297. The summed E-state index contributed by atoms with van der Waals surface area (Å²) in [5, 5.41) is 5.96. The second kappa shape index (κ2) is 6.28.